The molecule has 0 bridgehead atoms. The van der Waals surface area contributed by atoms with Crippen molar-refractivity contribution in [3.8, 4) is 11.6 Å². The summed E-state index contributed by atoms with van der Waals surface area (Å²) in [6, 6.07) is 5.22. The van der Waals surface area contributed by atoms with Gasteiger partial charge in [0.2, 0.25) is 5.91 Å². The molecule has 0 aliphatic heterocycles. The zero-order valence-electron chi connectivity index (χ0n) is 14.9. The van der Waals surface area contributed by atoms with Gasteiger partial charge in [0.15, 0.2) is 5.82 Å². The fourth-order valence-corrected chi connectivity index (χ4v) is 3.59. The lowest BCUT2D eigenvalue weighted by Crippen LogP contribution is -2.15. The lowest BCUT2D eigenvalue weighted by atomic mass is 9.95. The van der Waals surface area contributed by atoms with Crippen LogP contribution in [-0.2, 0) is 16.8 Å². The molecule has 1 aromatic carbocycles. The smallest absolute Gasteiger partial charge is 0.282 e. The molecule has 1 aliphatic carbocycles. The Kier molecular flexibility index (Phi) is 4.81. The van der Waals surface area contributed by atoms with Crippen molar-refractivity contribution >= 4 is 17.5 Å². The second kappa shape index (κ2) is 7.18. The van der Waals surface area contributed by atoms with Crippen molar-refractivity contribution in [3.63, 3.8) is 0 Å². The monoisotopic (exact) mass is 425 g/mol. The van der Waals surface area contributed by atoms with Gasteiger partial charge in [0.1, 0.15) is 17.2 Å². The van der Waals surface area contributed by atoms with Crippen molar-refractivity contribution in [1.29, 1.82) is 0 Å². The summed E-state index contributed by atoms with van der Waals surface area (Å²) in [5, 5.41) is 8.04. The van der Waals surface area contributed by atoms with Crippen molar-refractivity contribution in [1.82, 2.24) is 19.9 Å². The molecule has 0 saturated heterocycles. The third-order valence-corrected chi connectivity index (χ3v) is 5.18. The quantitative estimate of drug-likeness (QED) is 0.623. The molecule has 1 aliphatic rings. The van der Waals surface area contributed by atoms with Gasteiger partial charge < -0.3 is 10.3 Å². The summed E-state index contributed by atoms with van der Waals surface area (Å²) in [6.45, 7) is -0.00989. The molecule has 2 heterocycles. The first kappa shape index (κ1) is 19.4. The van der Waals surface area contributed by atoms with Crippen LogP contribution in [-0.4, -0.2) is 25.8 Å². The number of primary amides is 1. The van der Waals surface area contributed by atoms with Gasteiger partial charge in [-0.15, -0.1) is 0 Å². The zero-order valence-corrected chi connectivity index (χ0v) is 15.7. The van der Waals surface area contributed by atoms with Gasteiger partial charge >= 0.3 is 0 Å². The van der Waals surface area contributed by atoms with Crippen LogP contribution in [0.3, 0.4) is 0 Å². The van der Waals surface area contributed by atoms with Crippen LogP contribution in [0.5, 0.6) is 0 Å². The molecule has 152 valence electrons. The first-order valence-electron chi connectivity index (χ1n) is 8.74. The summed E-state index contributed by atoms with van der Waals surface area (Å²) in [6.07, 6.45) is -1.53. The number of amides is 1. The number of aromatic nitrogens is 4. The third kappa shape index (κ3) is 3.59. The summed E-state index contributed by atoms with van der Waals surface area (Å²) in [5.41, 5.74) is 4.86. The number of alkyl halides is 2. The number of carbonyl (C=O) groups is 1. The largest absolute Gasteiger partial charge is 0.370 e. The van der Waals surface area contributed by atoms with Gasteiger partial charge in [-0.25, -0.2) is 13.2 Å². The minimum atomic E-state index is -2.81. The second-order valence-corrected chi connectivity index (χ2v) is 7.23. The predicted octanol–water partition coefficient (Wildman–Crippen LogP) is 3.62. The normalized spacial score (nSPS) is 15.1. The minimum Gasteiger partial charge on any atom is -0.370 e. The van der Waals surface area contributed by atoms with E-state index in [2.05, 4.69) is 15.2 Å². The average molecular weight is 426 g/mol. The van der Waals surface area contributed by atoms with Gasteiger partial charge in [-0.3, -0.25) is 9.48 Å². The Balaban J connectivity index is 1.70. The summed E-state index contributed by atoms with van der Waals surface area (Å²) in [5.74, 6) is -0.754. The Morgan fingerprint density at radius 2 is 2.10 bits per heavy atom. The van der Waals surface area contributed by atoms with Crippen LogP contribution < -0.4 is 5.73 Å². The number of hydrogen-bond acceptors (Lipinski definition) is 5. The molecule has 0 spiro atoms. The molecule has 7 nitrogen and oxygen atoms in total. The number of nitrogens with two attached hydrogens (primary N) is 1. The number of hydrogen-bond donors (Lipinski definition) is 1. The van der Waals surface area contributed by atoms with Gasteiger partial charge in [0, 0.05) is 11.4 Å². The van der Waals surface area contributed by atoms with Gasteiger partial charge in [-0.05, 0) is 36.6 Å². The number of benzene rings is 1. The second-order valence-electron chi connectivity index (χ2n) is 6.82. The highest BCUT2D eigenvalue weighted by molar-refractivity contribution is 6.31. The van der Waals surface area contributed by atoms with Crippen LogP contribution in [0, 0.1) is 5.82 Å². The van der Waals surface area contributed by atoms with Gasteiger partial charge in [0.05, 0.1) is 12.0 Å². The Labute approximate surface area is 167 Å². The van der Waals surface area contributed by atoms with E-state index in [1.54, 1.807) is 6.07 Å². The molecule has 4 rings (SSSR count). The van der Waals surface area contributed by atoms with Gasteiger partial charge in [-0.2, -0.15) is 10.1 Å². The van der Waals surface area contributed by atoms with Crippen LogP contribution in [0.4, 0.5) is 13.2 Å². The molecule has 2 aromatic heterocycles. The van der Waals surface area contributed by atoms with E-state index in [0.717, 1.165) is 6.07 Å². The van der Waals surface area contributed by atoms with Crippen molar-refractivity contribution < 1.29 is 22.5 Å². The van der Waals surface area contributed by atoms with E-state index in [-0.39, 0.29) is 29.6 Å². The molecular formula is C18H15ClF3N5O2. The molecule has 0 radical (unpaired) electrons. The fraction of sp³-hybridized carbons (Fsp3) is 0.333. The topological polar surface area (TPSA) is 99.8 Å². The first-order chi connectivity index (χ1) is 13.8. The minimum absolute atomic E-state index is 0.00989. The lowest BCUT2D eigenvalue weighted by Gasteiger charge is -2.12. The standard InChI is InChI=1S/C18H15ClF3N5O2/c19-11-7-9(20)1-2-10(11)18(4-5-18)17-24-16(29-26-17)13-8-12(15(21)22)25-27(13)6-3-14(23)28/h1-2,7-8,15H,3-6H2,(H2,23,28). The Morgan fingerprint density at radius 1 is 1.34 bits per heavy atom. The van der Waals surface area contributed by atoms with E-state index in [4.69, 9.17) is 21.9 Å². The van der Waals surface area contributed by atoms with Crippen molar-refractivity contribution in [2.45, 2.75) is 37.6 Å². The zero-order chi connectivity index (χ0) is 20.8. The summed E-state index contributed by atoms with van der Waals surface area (Å²) in [4.78, 5) is 15.4. The molecule has 29 heavy (non-hydrogen) atoms. The molecule has 0 atom stereocenters. The van der Waals surface area contributed by atoms with E-state index < -0.39 is 29.3 Å². The maximum Gasteiger partial charge on any atom is 0.282 e. The van der Waals surface area contributed by atoms with Crippen LogP contribution in [0.25, 0.3) is 11.6 Å². The molecule has 11 heteroatoms. The molecule has 0 unspecified atom stereocenters. The van der Waals surface area contributed by atoms with Crippen LogP contribution in [0.15, 0.2) is 28.8 Å². The number of halogens is 4. The first-order valence-corrected chi connectivity index (χ1v) is 9.12. The lowest BCUT2D eigenvalue weighted by molar-refractivity contribution is -0.118. The Hall–Kier alpha value is -2.88. The van der Waals surface area contributed by atoms with E-state index in [9.17, 15) is 18.0 Å². The molecular weight excluding hydrogens is 411 g/mol. The van der Waals surface area contributed by atoms with Crippen molar-refractivity contribution in [2.75, 3.05) is 0 Å². The Morgan fingerprint density at radius 3 is 2.72 bits per heavy atom. The van der Waals surface area contributed by atoms with Crippen LogP contribution in [0.2, 0.25) is 5.02 Å². The van der Waals surface area contributed by atoms with E-state index in [1.165, 1.54) is 16.8 Å². The Bertz CT molecular complexity index is 1080. The number of aryl methyl sites for hydroxylation is 1. The summed E-state index contributed by atoms with van der Waals surface area (Å²) >= 11 is 6.19. The predicted molar refractivity (Wildman–Crippen MR) is 95.7 cm³/mol. The highest BCUT2D eigenvalue weighted by atomic mass is 35.5. The molecule has 2 N–H and O–H groups in total. The van der Waals surface area contributed by atoms with Crippen molar-refractivity contribution in [2.24, 2.45) is 5.73 Å². The van der Waals surface area contributed by atoms with Crippen LogP contribution in [0.1, 0.15) is 42.8 Å². The van der Waals surface area contributed by atoms with E-state index in [0.29, 0.717) is 24.2 Å². The van der Waals surface area contributed by atoms with E-state index >= 15 is 0 Å². The SMILES string of the molecule is NC(=O)CCn1nc(C(F)F)cc1-c1nc(C2(c3ccc(F)cc3Cl)CC2)no1. The highest BCUT2D eigenvalue weighted by Gasteiger charge is 2.51. The fourth-order valence-electron chi connectivity index (χ4n) is 3.24. The number of nitrogens with zero attached hydrogens (tertiary/aromatic N) is 4. The van der Waals surface area contributed by atoms with Gasteiger partial charge in [0.25, 0.3) is 12.3 Å². The molecule has 1 fully saturated rings. The van der Waals surface area contributed by atoms with Gasteiger partial charge in [-0.1, -0.05) is 22.8 Å². The molecule has 1 saturated carbocycles. The van der Waals surface area contributed by atoms with E-state index in [1.807, 2.05) is 0 Å². The van der Waals surface area contributed by atoms with Crippen LogP contribution >= 0.6 is 11.6 Å². The maximum atomic E-state index is 13.4. The highest BCUT2D eigenvalue weighted by Crippen LogP contribution is 2.54. The van der Waals surface area contributed by atoms with Crippen molar-refractivity contribution in [3.05, 3.63) is 52.2 Å². The third-order valence-electron chi connectivity index (χ3n) is 4.86. The average Bonchev–Trinajstić information content (AvgIpc) is 3.12. The molecule has 3 aromatic rings. The number of carbonyl (C=O) groups excluding carboxylic acids is 1. The summed E-state index contributed by atoms with van der Waals surface area (Å²) in [7, 11) is 0. The summed E-state index contributed by atoms with van der Waals surface area (Å²) < 4.78 is 46.1. The maximum absolute atomic E-state index is 13.4. The molecule has 1 amide bonds. The number of rotatable bonds is 7.